The molecular formula is C9H16BrNO2S. The Labute approximate surface area is 95.8 Å². The number of hydrogen-bond donors (Lipinski definition) is 0. The first-order valence-corrected chi connectivity index (χ1v) is 7.20. The highest BCUT2D eigenvalue weighted by atomic mass is 79.9. The maximum absolute atomic E-state index is 11.8. The molecule has 14 heavy (non-hydrogen) atoms. The van der Waals surface area contributed by atoms with Crippen LogP contribution in [0.4, 0.5) is 0 Å². The standard InChI is InChI=1S/C9H16BrNO2S/c1-7(2)8(10)9(12)11-3-5-14(13)6-4-11/h7-8H,3-6H2,1-2H3. The van der Waals surface area contributed by atoms with Gasteiger partial charge in [0, 0.05) is 35.4 Å². The topological polar surface area (TPSA) is 37.4 Å². The van der Waals surface area contributed by atoms with Crippen LogP contribution < -0.4 is 0 Å². The zero-order valence-corrected chi connectivity index (χ0v) is 10.9. The summed E-state index contributed by atoms with van der Waals surface area (Å²) >= 11 is 3.39. The predicted octanol–water partition coefficient (Wildman–Crippen LogP) is 0.997. The monoisotopic (exact) mass is 281 g/mol. The van der Waals surface area contributed by atoms with Crippen molar-refractivity contribution < 1.29 is 9.00 Å². The quantitative estimate of drug-likeness (QED) is 0.709. The van der Waals surface area contributed by atoms with E-state index in [-0.39, 0.29) is 10.7 Å². The van der Waals surface area contributed by atoms with Crippen LogP contribution >= 0.6 is 15.9 Å². The van der Waals surface area contributed by atoms with E-state index >= 15 is 0 Å². The molecule has 0 radical (unpaired) electrons. The predicted molar refractivity (Wildman–Crippen MR) is 62.0 cm³/mol. The first-order chi connectivity index (χ1) is 6.52. The van der Waals surface area contributed by atoms with Crippen molar-refractivity contribution in [1.29, 1.82) is 0 Å². The van der Waals surface area contributed by atoms with Gasteiger partial charge in [-0.3, -0.25) is 9.00 Å². The lowest BCUT2D eigenvalue weighted by Gasteiger charge is -2.29. The van der Waals surface area contributed by atoms with E-state index in [2.05, 4.69) is 15.9 Å². The van der Waals surface area contributed by atoms with Gasteiger partial charge in [0.05, 0.1) is 4.83 Å². The van der Waals surface area contributed by atoms with Crippen molar-refractivity contribution in [2.45, 2.75) is 18.7 Å². The van der Waals surface area contributed by atoms with Crippen LogP contribution in [0.15, 0.2) is 0 Å². The van der Waals surface area contributed by atoms with Gasteiger partial charge in [0.15, 0.2) is 0 Å². The fourth-order valence-electron chi connectivity index (χ4n) is 1.32. The number of nitrogens with zero attached hydrogens (tertiary/aromatic N) is 1. The third kappa shape index (κ3) is 3.05. The number of carbonyl (C=O) groups is 1. The average Bonchev–Trinajstić information content (AvgIpc) is 2.16. The molecule has 0 aromatic rings. The lowest BCUT2D eigenvalue weighted by molar-refractivity contribution is -0.130. The van der Waals surface area contributed by atoms with Gasteiger partial charge in [-0.15, -0.1) is 0 Å². The Hall–Kier alpha value is 0.1000. The van der Waals surface area contributed by atoms with Gasteiger partial charge in [-0.05, 0) is 5.92 Å². The summed E-state index contributed by atoms with van der Waals surface area (Å²) in [5.74, 6) is 1.69. The van der Waals surface area contributed by atoms with Crippen molar-refractivity contribution >= 4 is 32.6 Å². The minimum atomic E-state index is -0.711. The number of amides is 1. The van der Waals surface area contributed by atoms with Gasteiger partial charge in [-0.2, -0.15) is 0 Å². The van der Waals surface area contributed by atoms with Gasteiger partial charge < -0.3 is 4.90 Å². The second-order valence-corrected chi connectivity index (χ2v) is 6.50. The van der Waals surface area contributed by atoms with Crippen LogP contribution in [0.1, 0.15) is 13.8 Å². The Morgan fingerprint density at radius 2 is 1.86 bits per heavy atom. The molecule has 1 atom stereocenters. The SMILES string of the molecule is CC(C)C(Br)C(=O)N1CCS(=O)CC1. The first kappa shape index (κ1) is 12.2. The lowest BCUT2D eigenvalue weighted by atomic mass is 10.1. The summed E-state index contributed by atoms with van der Waals surface area (Å²) in [7, 11) is -0.711. The molecule has 1 aliphatic rings. The van der Waals surface area contributed by atoms with Crippen molar-refractivity contribution in [3.8, 4) is 0 Å². The summed E-state index contributed by atoms with van der Waals surface area (Å²) < 4.78 is 11.1. The second kappa shape index (κ2) is 5.26. The molecule has 0 aromatic carbocycles. The van der Waals surface area contributed by atoms with Crippen LogP contribution in [0.3, 0.4) is 0 Å². The molecule has 0 aromatic heterocycles. The Balaban J connectivity index is 2.49. The third-order valence-corrected chi connectivity index (χ3v) is 5.04. The van der Waals surface area contributed by atoms with Crippen molar-refractivity contribution in [1.82, 2.24) is 4.90 Å². The van der Waals surface area contributed by atoms with E-state index in [9.17, 15) is 9.00 Å². The summed E-state index contributed by atoms with van der Waals surface area (Å²) in [6.07, 6.45) is 0. The normalized spacial score (nSPS) is 21.3. The molecule has 0 saturated carbocycles. The Morgan fingerprint density at radius 3 is 2.29 bits per heavy atom. The number of hydrogen-bond acceptors (Lipinski definition) is 2. The molecule has 1 unspecified atom stereocenters. The summed E-state index contributed by atoms with van der Waals surface area (Å²) in [4.78, 5) is 13.5. The maximum atomic E-state index is 11.8. The molecule has 1 rings (SSSR count). The Kier molecular flexibility index (Phi) is 4.57. The zero-order chi connectivity index (χ0) is 10.7. The van der Waals surface area contributed by atoms with E-state index in [0.717, 1.165) is 0 Å². The number of rotatable bonds is 2. The molecule has 1 fully saturated rings. The maximum Gasteiger partial charge on any atom is 0.236 e. The number of halogens is 1. The number of alkyl halides is 1. The molecule has 0 spiro atoms. The molecule has 0 N–H and O–H groups in total. The highest BCUT2D eigenvalue weighted by Crippen LogP contribution is 2.16. The van der Waals surface area contributed by atoms with Crippen molar-refractivity contribution in [3.05, 3.63) is 0 Å². The van der Waals surface area contributed by atoms with Crippen molar-refractivity contribution in [3.63, 3.8) is 0 Å². The minimum absolute atomic E-state index is 0.103. The molecule has 82 valence electrons. The fourth-order valence-corrected chi connectivity index (χ4v) is 2.66. The number of carbonyl (C=O) groups excluding carboxylic acids is 1. The van der Waals surface area contributed by atoms with E-state index in [1.54, 1.807) is 4.90 Å². The van der Waals surface area contributed by atoms with Crippen molar-refractivity contribution in [2.75, 3.05) is 24.6 Å². The second-order valence-electron chi connectivity index (χ2n) is 3.82. The molecular weight excluding hydrogens is 266 g/mol. The highest BCUT2D eigenvalue weighted by molar-refractivity contribution is 9.10. The van der Waals surface area contributed by atoms with Gasteiger partial charge in [-0.1, -0.05) is 29.8 Å². The van der Waals surface area contributed by atoms with Crippen LogP contribution in [-0.4, -0.2) is 44.4 Å². The summed E-state index contributed by atoms with van der Waals surface area (Å²) in [6, 6.07) is 0. The first-order valence-electron chi connectivity index (χ1n) is 4.80. The molecule has 1 aliphatic heterocycles. The average molecular weight is 282 g/mol. The van der Waals surface area contributed by atoms with Crippen molar-refractivity contribution in [2.24, 2.45) is 5.92 Å². The van der Waals surface area contributed by atoms with Crippen LogP contribution in [0, 0.1) is 5.92 Å². The molecule has 0 bridgehead atoms. The van der Waals surface area contributed by atoms with E-state index in [0.29, 0.717) is 30.5 Å². The van der Waals surface area contributed by atoms with Gasteiger partial charge in [0.25, 0.3) is 0 Å². The van der Waals surface area contributed by atoms with E-state index in [1.807, 2.05) is 13.8 Å². The van der Waals surface area contributed by atoms with Crippen LogP contribution in [0.2, 0.25) is 0 Å². The molecule has 5 heteroatoms. The largest absolute Gasteiger partial charge is 0.340 e. The summed E-state index contributed by atoms with van der Waals surface area (Å²) in [5, 5.41) is 0. The molecule has 3 nitrogen and oxygen atoms in total. The third-order valence-electron chi connectivity index (χ3n) is 2.31. The minimum Gasteiger partial charge on any atom is -0.340 e. The lowest BCUT2D eigenvalue weighted by Crippen LogP contribution is -2.46. The molecule has 1 heterocycles. The van der Waals surface area contributed by atoms with Crippen LogP contribution in [0.5, 0.6) is 0 Å². The van der Waals surface area contributed by atoms with Gasteiger partial charge in [0.1, 0.15) is 0 Å². The highest BCUT2D eigenvalue weighted by Gasteiger charge is 2.26. The van der Waals surface area contributed by atoms with Crippen LogP contribution in [0.25, 0.3) is 0 Å². The van der Waals surface area contributed by atoms with Gasteiger partial charge >= 0.3 is 0 Å². The van der Waals surface area contributed by atoms with E-state index in [1.165, 1.54) is 0 Å². The van der Waals surface area contributed by atoms with Gasteiger partial charge in [-0.25, -0.2) is 0 Å². The molecule has 1 amide bonds. The summed E-state index contributed by atoms with van der Waals surface area (Å²) in [6.45, 7) is 5.30. The van der Waals surface area contributed by atoms with E-state index < -0.39 is 10.8 Å². The molecule has 1 saturated heterocycles. The molecule has 0 aliphatic carbocycles. The summed E-state index contributed by atoms with van der Waals surface area (Å²) in [5.41, 5.74) is 0. The van der Waals surface area contributed by atoms with Gasteiger partial charge in [0.2, 0.25) is 5.91 Å². The fraction of sp³-hybridized carbons (Fsp3) is 0.889. The zero-order valence-electron chi connectivity index (χ0n) is 8.53. The smallest absolute Gasteiger partial charge is 0.236 e. The Bertz CT molecular complexity index is 235. The Morgan fingerprint density at radius 1 is 1.36 bits per heavy atom. The van der Waals surface area contributed by atoms with Crippen LogP contribution in [-0.2, 0) is 15.6 Å². The van der Waals surface area contributed by atoms with E-state index in [4.69, 9.17) is 0 Å².